The van der Waals surface area contributed by atoms with Crippen LogP contribution in [0.15, 0.2) is 29.1 Å². The summed E-state index contributed by atoms with van der Waals surface area (Å²) in [6.45, 7) is -1.62. The largest absolute Gasteiger partial charge is 0.483 e. The maximum absolute atomic E-state index is 15.0. The summed E-state index contributed by atoms with van der Waals surface area (Å²) in [4.78, 5) is 25.3. The molecule has 1 amide bonds. The smallest absolute Gasteiger partial charge is 0.422 e. The number of halogens is 7. The first-order valence-corrected chi connectivity index (χ1v) is 10.1. The molecule has 2 aromatic carbocycles. The van der Waals surface area contributed by atoms with Crippen molar-refractivity contribution >= 4 is 23.2 Å². The Hall–Kier alpha value is -3.52. The summed E-state index contributed by atoms with van der Waals surface area (Å²) in [5.41, 5.74) is -3.04. The molecule has 0 atom stereocenters. The number of carbonyl (C=O) groups excluding carboxylic acids is 1. The van der Waals surface area contributed by atoms with Crippen molar-refractivity contribution in [1.82, 2.24) is 14.3 Å². The van der Waals surface area contributed by atoms with Crippen LogP contribution >= 0.6 is 11.6 Å². The van der Waals surface area contributed by atoms with Crippen molar-refractivity contribution in [1.29, 1.82) is 0 Å². The van der Waals surface area contributed by atoms with Gasteiger partial charge < -0.3 is 14.8 Å². The van der Waals surface area contributed by atoms with Crippen molar-refractivity contribution in [2.75, 3.05) is 18.5 Å². The van der Waals surface area contributed by atoms with Crippen molar-refractivity contribution < 1.29 is 40.6 Å². The molecule has 2 heterocycles. The topological polar surface area (TPSA) is 87.4 Å². The van der Waals surface area contributed by atoms with E-state index in [2.05, 4.69) is 9.84 Å². The molecule has 1 aliphatic rings. The van der Waals surface area contributed by atoms with Crippen molar-refractivity contribution in [3.05, 3.63) is 68.6 Å². The number of anilines is 1. The minimum atomic E-state index is -4.85. The standard InChI is InChI=1S/C20H13ClF6N4O4/c21-10-1-2-11(22)16(24)17(10)28-18(32)9-5-12(23)13(6-14(9)35-8-20(25,26)27)31-19(33)30-3-4-34-7-15(30)29-31/h1-2,5-6H,3-4,7-8H2,(H,28,32). The van der Waals surface area contributed by atoms with Crippen molar-refractivity contribution in [3.8, 4) is 11.4 Å². The maximum atomic E-state index is 15.0. The van der Waals surface area contributed by atoms with Gasteiger partial charge in [-0.15, -0.1) is 5.10 Å². The molecule has 0 aliphatic carbocycles. The molecule has 0 unspecified atom stereocenters. The average molecular weight is 523 g/mol. The van der Waals surface area contributed by atoms with Crippen LogP contribution < -0.4 is 15.7 Å². The number of benzene rings is 2. The first kappa shape index (κ1) is 24.6. The minimum Gasteiger partial charge on any atom is -0.483 e. The Labute approximate surface area is 196 Å². The van der Waals surface area contributed by atoms with E-state index >= 15 is 0 Å². The molecule has 15 heteroatoms. The lowest BCUT2D eigenvalue weighted by Crippen LogP contribution is -2.29. The van der Waals surface area contributed by atoms with Gasteiger partial charge in [-0.25, -0.2) is 18.0 Å². The molecule has 0 saturated heterocycles. The molecule has 3 aromatic rings. The summed E-state index contributed by atoms with van der Waals surface area (Å²) in [6, 6.07) is 2.76. The van der Waals surface area contributed by atoms with Crippen LogP contribution in [-0.4, -0.2) is 39.6 Å². The number of nitrogens with zero attached hydrogens (tertiary/aromatic N) is 3. The van der Waals surface area contributed by atoms with Gasteiger partial charge in [-0.3, -0.25) is 9.36 Å². The molecule has 0 bridgehead atoms. The predicted molar refractivity (Wildman–Crippen MR) is 108 cm³/mol. The van der Waals surface area contributed by atoms with Gasteiger partial charge in [0, 0.05) is 6.07 Å². The second-order valence-electron chi connectivity index (χ2n) is 7.19. The van der Waals surface area contributed by atoms with Crippen LogP contribution in [0, 0.1) is 17.5 Å². The normalized spacial score (nSPS) is 13.5. The monoisotopic (exact) mass is 522 g/mol. The number of hydrogen-bond acceptors (Lipinski definition) is 5. The molecule has 4 rings (SSSR count). The number of amides is 1. The summed E-state index contributed by atoms with van der Waals surface area (Å²) >= 11 is 5.76. The molecule has 0 radical (unpaired) electrons. The molecule has 186 valence electrons. The van der Waals surface area contributed by atoms with Gasteiger partial charge >= 0.3 is 11.9 Å². The minimum absolute atomic E-state index is 0.0538. The molecular weight excluding hydrogens is 510 g/mol. The van der Waals surface area contributed by atoms with Crippen molar-refractivity contribution in [3.63, 3.8) is 0 Å². The number of fused-ring (bicyclic) bond motifs is 1. The number of hydrogen-bond donors (Lipinski definition) is 1. The van der Waals surface area contributed by atoms with Gasteiger partial charge in [-0.1, -0.05) is 11.6 Å². The van der Waals surface area contributed by atoms with Crippen LogP contribution in [0.3, 0.4) is 0 Å². The van der Waals surface area contributed by atoms with Gasteiger partial charge in [-0.2, -0.15) is 17.9 Å². The summed E-state index contributed by atoms with van der Waals surface area (Å²) in [7, 11) is 0. The van der Waals surface area contributed by atoms with E-state index in [1.807, 2.05) is 5.32 Å². The van der Waals surface area contributed by atoms with E-state index in [0.29, 0.717) is 22.9 Å². The third-order valence-electron chi connectivity index (χ3n) is 4.83. The summed E-state index contributed by atoms with van der Waals surface area (Å²) in [5, 5.41) is 5.39. The second kappa shape index (κ2) is 9.26. The van der Waals surface area contributed by atoms with Crippen LogP contribution in [0.1, 0.15) is 16.2 Å². The second-order valence-corrected chi connectivity index (χ2v) is 7.60. The van der Waals surface area contributed by atoms with E-state index in [-0.39, 0.29) is 25.6 Å². The van der Waals surface area contributed by atoms with Crippen LogP contribution in [0.4, 0.5) is 32.0 Å². The van der Waals surface area contributed by atoms with E-state index < -0.39 is 69.5 Å². The number of rotatable bonds is 5. The zero-order valence-corrected chi connectivity index (χ0v) is 18.0. The Kier molecular flexibility index (Phi) is 6.51. The van der Waals surface area contributed by atoms with Gasteiger partial charge in [0.05, 0.1) is 29.4 Å². The number of aromatic nitrogens is 3. The third-order valence-corrected chi connectivity index (χ3v) is 5.14. The fourth-order valence-electron chi connectivity index (χ4n) is 3.23. The first-order valence-electron chi connectivity index (χ1n) is 9.71. The van der Waals surface area contributed by atoms with Crippen molar-refractivity contribution in [2.24, 2.45) is 0 Å². The summed E-state index contributed by atoms with van der Waals surface area (Å²) < 4.78 is 92.6. The summed E-state index contributed by atoms with van der Waals surface area (Å²) in [6.07, 6.45) is -4.85. The van der Waals surface area contributed by atoms with E-state index in [9.17, 15) is 35.9 Å². The lowest BCUT2D eigenvalue weighted by molar-refractivity contribution is -0.153. The van der Waals surface area contributed by atoms with Crippen LogP contribution in [-0.2, 0) is 17.9 Å². The molecule has 1 N–H and O–H groups in total. The maximum Gasteiger partial charge on any atom is 0.422 e. The van der Waals surface area contributed by atoms with Gasteiger partial charge in [-0.05, 0) is 18.2 Å². The zero-order valence-electron chi connectivity index (χ0n) is 17.3. The van der Waals surface area contributed by atoms with E-state index in [0.717, 1.165) is 6.07 Å². The Bertz CT molecular complexity index is 1370. The molecule has 1 aromatic heterocycles. The molecule has 0 fully saturated rings. The fourth-order valence-corrected chi connectivity index (χ4v) is 3.42. The van der Waals surface area contributed by atoms with Gasteiger partial charge in [0.15, 0.2) is 24.1 Å². The Morgan fingerprint density at radius 2 is 1.94 bits per heavy atom. The molecular formula is C20H13ClF6N4O4. The first-order chi connectivity index (χ1) is 16.5. The number of ether oxygens (including phenoxy) is 2. The van der Waals surface area contributed by atoms with E-state index in [4.69, 9.17) is 16.3 Å². The Balaban J connectivity index is 1.78. The van der Waals surface area contributed by atoms with Crippen LogP contribution in [0.25, 0.3) is 5.69 Å². The SMILES string of the molecule is O=C(Nc1c(Cl)ccc(F)c1F)c1cc(F)c(-n2nc3n(c2=O)CCOC3)cc1OCC(F)(F)F. The lowest BCUT2D eigenvalue weighted by atomic mass is 10.1. The van der Waals surface area contributed by atoms with E-state index in [1.54, 1.807) is 0 Å². The Morgan fingerprint density at radius 1 is 1.20 bits per heavy atom. The van der Waals surface area contributed by atoms with Gasteiger partial charge in [0.25, 0.3) is 5.91 Å². The average Bonchev–Trinajstić information content (AvgIpc) is 3.14. The highest BCUT2D eigenvalue weighted by atomic mass is 35.5. The quantitative estimate of drug-likeness (QED) is 0.407. The Morgan fingerprint density at radius 3 is 2.63 bits per heavy atom. The highest BCUT2D eigenvalue weighted by Gasteiger charge is 2.31. The van der Waals surface area contributed by atoms with Crippen molar-refractivity contribution in [2.45, 2.75) is 19.3 Å². The zero-order chi connectivity index (χ0) is 25.5. The lowest BCUT2D eigenvalue weighted by Gasteiger charge is -2.16. The highest BCUT2D eigenvalue weighted by Crippen LogP contribution is 2.31. The fraction of sp³-hybridized carbons (Fsp3) is 0.250. The number of alkyl halides is 3. The molecule has 8 nitrogen and oxygen atoms in total. The van der Waals surface area contributed by atoms with Crippen LogP contribution in [0.2, 0.25) is 5.02 Å². The molecule has 0 saturated carbocycles. The predicted octanol–water partition coefficient (Wildman–Crippen LogP) is 3.83. The number of carbonyl (C=O) groups is 1. The van der Waals surface area contributed by atoms with Gasteiger partial charge in [0.1, 0.15) is 23.9 Å². The highest BCUT2D eigenvalue weighted by molar-refractivity contribution is 6.34. The number of nitrogens with one attached hydrogen (secondary N) is 1. The molecule has 1 aliphatic heterocycles. The third kappa shape index (κ3) is 4.98. The molecule has 35 heavy (non-hydrogen) atoms. The molecule has 0 spiro atoms. The van der Waals surface area contributed by atoms with Gasteiger partial charge in [0.2, 0.25) is 0 Å². The van der Waals surface area contributed by atoms with E-state index in [1.165, 1.54) is 4.57 Å². The van der Waals surface area contributed by atoms with Crippen LogP contribution in [0.5, 0.6) is 5.75 Å². The summed E-state index contributed by atoms with van der Waals surface area (Å²) in [5.74, 6) is -6.16.